The Morgan fingerprint density at radius 1 is 0.930 bits per heavy atom. The molecule has 0 radical (unpaired) electrons. The lowest BCUT2D eigenvalue weighted by molar-refractivity contribution is 0.0964. The predicted octanol–water partition coefficient (Wildman–Crippen LogP) is 6.31. The number of hydrogen-bond donors (Lipinski definition) is 2. The van der Waals surface area contributed by atoms with Gasteiger partial charge in [0.2, 0.25) is 15.9 Å². The quantitative estimate of drug-likeness (QED) is 0.228. The molecule has 6 aromatic rings. The zero-order valence-electron chi connectivity index (χ0n) is 23.0. The number of oxazole rings is 1. The van der Waals surface area contributed by atoms with Gasteiger partial charge in [0.25, 0.3) is 5.91 Å². The lowest BCUT2D eigenvalue weighted by atomic mass is 9.97. The normalized spacial score (nSPS) is 11.7. The molecule has 0 spiro atoms. The zero-order valence-corrected chi connectivity index (χ0v) is 23.8. The van der Waals surface area contributed by atoms with Gasteiger partial charge in [-0.3, -0.25) is 9.10 Å². The number of benzene rings is 4. The summed E-state index contributed by atoms with van der Waals surface area (Å²) in [6, 6.07) is 17.1. The summed E-state index contributed by atoms with van der Waals surface area (Å²) in [6.45, 7) is 0. The highest BCUT2D eigenvalue weighted by Crippen LogP contribution is 2.43. The fraction of sp³-hybridized carbons (Fsp3) is 0.0968. The lowest BCUT2D eigenvalue weighted by Gasteiger charge is -2.21. The SMILES string of the molecule is CNC(=O)c1c(-c2ccc(F)cc2)oc2cc(N(C)S(C)(=O)=O)c(-c3cc(O)cc(-c4nc5c(F)cccc5o4)c3)cc12. The molecule has 43 heavy (non-hydrogen) atoms. The fourth-order valence-corrected chi connectivity index (χ4v) is 5.39. The Hall–Kier alpha value is -5.23. The van der Waals surface area contributed by atoms with E-state index in [0.717, 1.165) is 10.6 Å². The number of phenolic OH excluding ortho intramolecular Hbond substituents is 1. The molecule has 2 N–H and O–H groups in total. The number of para-hydroxylation sites is 1. The number of carbonyl (C=O) groups excluding carboxylic acids is 1. The minimum absolute atomic E-state index is 0.0169. The number of hydrogen-bond acceptors (Lipinski definition) is 7. The average Bonchev–Trinajstić information content (AvgIpc) is 3.58. The summed E-state index contributed by atoms with van der Waals surface area (Å²) in [5, 5.41) is 13.6. The molecule has 0 aliphatic carbocycles. The van der Waals surface area contributed by atoms with Crippen molar-refractivity contribution in [3.63, 3.8) is 0 Å². The topological polar surface area (TPSA) is 126 Å². The smallest absolute Gasteiger partial charge is 0.255 e. The van der Waals surface area contributed by atoms with Gasteiger partial charge in [0, 0.05) is 42.2 Å². The second-order valence-electron chi connectivity index (χ2n) is 9.86. The molecule has 0 saturated carbocycles. The van der Waals surface area contributed by atoms with Crippen LogP contribution < -0.4 is 9.62 Å². The summed E-state index contributed by atoms with van der Waals surface area (Å²) in [5.74, 6) is -1.54. The monoisotopic (exact) mass is 603 g/mol. The van der Waals surface area contributed by atoms with Crippen LogP contribution in [0.4, 0.5) is 14.5 Å². The molecule has 0 atom stereocenters. The summed E-state index contributed by atoms with van der Waals surface area (Å²) in [5.41, 5.74) is 2.13. The maximum absolute atomic E-state index is 14.3. The van der Waals surface area contributed by atoms with Crippen LogP contribution in [0.15, 0.2) is 81.6 Å². The van der Waals surface area contributed by atoms with Gasteiger partial charge in [-0.05, 0) is 66.2 Å². The number of rotatable bonds is 6. The van der Waals surface area contributed by atoms with Crippen LogP contribution in [0.5, 0.6) is 5.75 Å². The van der Waals surface area contributed by atoms with Crippen molar-refractivity contribution in [3.05, 3.63) is 90.0 Å². The largest absolute Gasteiger partial charge is 0.508 e. The van der Waals surface area contributed by atoms with Crippen molar-refractivity contribution in [2.24, 2.45) is 0 Å². The van der Waals surface area contributed by atoms with Crippen LogP contribution in [0.25, 0.3) is 56.0 Å². The highest BCUT2D eigenvalue weighted by atomic mass is 32.2. The number of aromatic hydroxyl groups is 1. The number of amides is 1. The van der Waals surface area contributed by atoms with Gasteiger partial charge in [0.15, 0.2) is 11.4 Å². The van der Waals surface area contributed by atoms with E-state index in [4.69, 9.17) is 8.83 Å². The molecular formula is C31H23F2N3O6S. The number of furan rings is 1. The number of halogens is 2. The Morgan fingerprint density at radius 2 is 1.65 bits per heavy atom. The Morgan fingerprint density at radius 3 is 2.33 bits per heavy atom. The van der Waals surface area contributed by atoms with E-state index in [1.54, 1.807) is 18.2 Å². The summed E-state index contributed by atoms with van der Waals surface area (Å²) < 4.78 is 66.3. The van der Waals surface area contributed by atoms with Crippen molar-refractivity contribution in [2.45, 2.75) is 0 Å². The van der Waals surface area contributed by atoms with E-state index in [0.29, 0.717) is 27.6 Å². The van der Waals surface area contributed by atoms with E-state index in [2.05, 4.69) is 10.3 Å². The number of nitrogens with zero attached hydrogens (tertiary/aromatic N) is 2. The Balaban J connectivity index is 1.63. The first kappa shape index (κ1) is 27.9. The van der Waals surface area contributed by atoms with Crippen LogP contribution in [0.2, 0.25) is 0 Å². The molecule has 9 nitrogen and oxygen atoms in total. The maximum atomic E-state index is 14.3. The number of carbonyl (C=O) groups is 1. The fourth-order valence-electron chi connectivity index (χ4n) is 4.89. The first-order chi connectivity index (χ1) is 20.4. The molecule has 0 aliphatic heterocycles. The van der Waals surface area contributed by atoms with Crippen molar-refractivity contribution in [1.82, 2.24) is 10.3 Å². The minimum Gasteiger partial charge on any atom is -0.508 e. The second-order valence-corrected chi connectivity index (χ2v) is 11.9. The minimum atomic E-state index is -3.80. The van der Waals surface area contributed by atoms with Crippen LogP contribution in [0.3, 0.4) is 0 Å². The van der Waals surface area contributed by atoms with Crippen LogP contribution in [0, 0.1) is 11.6 Å². The van der Waals surface area contributed by atoms with E-state index in [-0.39, 0.29) is 45.3 Å². The van der Waals surface area contributed by atoms with Gasteiger partial charge in [-0.1, -0.05) is 6.07 Å². The molecule has 0 fully saturated rings. The molecule has 0 bridgehead atoms. The van der Waals surface area contributed by atoms with Crippen LogP contribution in [0.1, 0.15) is 10.4 Å². The van der Waals surface area contributed by atoms with Crippen molar-refractivity contribution in [3.8, 4) is 39.7 Å². The number of fused-ring (bicyclic) bond motifs is 2. The molecule has 1 amide bonds. The summed E-state index contributed by atoms with van der Waals surface area (Å²) >= 11 is 0. The van der Waals surface area contributed by atoms with Gasteiger partial charge in [-0.25, -0.2) is 22.2 Å². The first-order valence-electron chi connectivity index (χ1n) is 12.9. The summed E-state index contributed by atoms with van der Waals surface area (Å²) in [6.07, 6.45) is 1.03. The molecular weight excluding hydrogens is 580 g/mol. The van der Waals surface area contributed by atoms with Crippen molar-refractivity contribution < 1.29 is 35.9 Å². The van der Waals surface area contributed by atoms with Crippen LogP contribution in [-0.4, -0.2) is 44.8 Å². The molecule has 218 valence electrons. The van der Waals surface area contributed by atoms with Crippen LogP contribution in [-0.2, 0) is 10.0 Å². The highest BCUT2D eigenvalue weighted by Gasteiger charge is 2.26. The number of phenols is 1. The first-order valence-corrected chi connectivity index (χ1v) is 14.7. The predicted molar refractivity (Wildman–Crippen MR) is 158 cm³/mol. The summed E-state index contributed by atoms with van der Waals surface area (Å²) in [7, 11) is -0.986. The molecule has 12 heteroatoms. The standard InChI is InChI=1S/C31H23F2N3O6S/c1-34-30(38)27-22-14-21(17-11-18(13-20(37)12-17)31-35-28-23(33)5-4-6-25(28)42-31)24(36(2)43(3,39)40)15-26(22)41-29(27)16-7-9-19(32)10-8-16/h4-15,37H,1-3H3,(H,34,38). The molecule has 0 saturated heterocycles. The zero-order chi connectivity index (χ0) is 30.6. The van der Waals surface area contributed by atoms with Crippen molar-refractivity contribution in [1.29, 1.82) is 0 Å². The molecule has 0 unspecified atom stereocenters. The Bertz CT molecular complexity index is 2170. The van der Waals surface area contributed by atoms with E-state index in [1.807, 2.05) is 0 Å². The van der Waals surface area contributed by atoms with E-state index in [1.165, 1.54) is 68.7 Å². The molecule has 0 aliphatic rings. The van der Waals surface area contributed by atoms with Gasteiger partial charge in [0.1, 0.15) is 28.4 Å². The third-order valence-electron chi connectivity index (χ3n) is 7.05. The van der Waals surface area contributed by atoms with Crippen molar-refractivity contribution >= 4 is 43.7 Å². The van der Waals surface area contributed by atoms with Gasteiger partial charge >= 0.3 is 0 Å². The number of anilines is 1. The third-order valence-corrected chi connectivity index (χ3v) is 8.24. The Labute approximate surface area is 244 Å². The van der Waals surface area contributed by atoms with Gasteiger partial charge in [-0.2, -0.15) is 0 Å². The molecule has 6 rings (SSSR count). The highest BCUT2D eigenvalue weighted by molar-refractivity contribution is 7.92. The molecule has 4 aromatic carbocycles. The maximum Gasteiger partial charge on any atom is 0.255 e. The van der Waals surface area contributed by atoms with Crippen LogP contribution >= 0.6 is 0 Å². The second kappa shape index (κ2) is 10.2. The average molecular weight is 604 g/mol. The van der Waals surface area contributed by atoms with Gasteiger partial charge in [0.05, 0.1) is 17.5 Å². The molecule has 2 aromatic heterocycles. The van der Waals surface area contributed by atoms with Crippen molar-refractivity contribution in [2.75, 3.05) is 24.7 Å². The number of aromatic nitrogens is 1. The van der Waals surface area contributed by atoms with E-state index < -0.39 is 27.6 Å². The summed E-state index contributed by atoms with van der Waals surface area (Å²) in [4.78, 5) is 17.4. The van der Waals surface area contributed by atoms with E-state index >= 15 is 0 Å². The lowest BCUT2D eigenvalue weighted by Crippen LogP contribution is -2.25. The number of sulfonamides is 1. The van der Waals surface area contributed by atoms with Gasteiger partial charge in [-0.15, -0.1) is 0 Å². The van der Waals surface area contributed by atoms with Gasteiger partial charge < -0.3 is 19.3 Å². The van der Waals surface area contributed by atoms with E-state index in [9.17, 15) is 27.1 Å². The molecule has 2 heterocycles. The Kier molecular flexibility index (Phi) is 6.65. The number of nitrogens with one attached hydrogen (secondary N) is 1. The third kappa shape index (κ3) is 4.95.